The molecule has 0 radical (unpaired) electrons. The molecule has 1 unspecified atom stereocenters. The third-order valence-corrected chi connectivity index (χ3v) is 5.31. The van der Waals surface area contributed by atoms with Crippen LogP contribution in [0.5, 0.6) is 0 Å². The number of benzene rings is 2. The molecule has 3 rings (SSSR count). The van der Waals surface area contributed by atoms with Crippen LogP contribution < -0.4 is 21.3 Å². The number of nitrogens with zero attached hydrogens (tertiary/aromatic N) is 1. The van der Waals surface area contributed by atoms with Crippen molar-refractivity contribution in [1.29, 1.82) is 0 Å². The van der Waals surface area contributed by atoms with Crippen molar-refractivity contribution in [3.05, 3.63) is 59.2 Å². The molecule has 0 saturated heterocycles. The lowest BCUT2D eigenvalue weighted by Crippen LogP contribution is -2.49. The number of anilines is 2. The lowest BCUT2D eigenvalue weighted by Gasteiger charge is -2.35. The molecule has 4 N–H and O–H groups in total. The standard InChI is InChI=1S/C23H28N4O3/c1-14-6-5-7-17(10-14)22(30)27-15(2)20(28)26-18-11-16(8-9-19(18)27)21(29)25-13-23(3,4)12-24/h5-11,15H,12-13,24H2,1-4H3,(H,25,29)(H,26,28). The van der Waals surface area contributed by atoms with E-state index in [1.807, 2.05) is 32.9 Å². The van der Waals surface area contributed by atoms with Crippen molar-refractivity contribution >= 4 is 29.1 Å². The van der Waals surface area contributed by atoms with Crippen molar-refractivity contribution in [3.8, 4) is 0 Å². The minimum atomic E-state index is -0.671. The molecule has 3 amide bonds. The highest BCUT2D eigenvalue weighted by atomic mass is 16.2. The third kappa shape index (κ3) is 4.36. The molecule has 7 heteroatoms. The highest BCUT2D eigenvalue weighted by Gasteiger charge is 2.34. The zero-order chi connectivity index (χ0) is 22.1. The number of hydrogen-bond acceptors (Lipinski definition) is 4. The summed E-state index contributed by atoms with van der Waals surface area (Å²) in [6.45, 7) is 8.41. The summed E-state index contributed by atoms with van der Waals surface area (Å²) in [6.07, 6.45) is 0. The van der Waals surface area contributed by atoms with Crippen molar-refractivity contribution in [2.45, 2.75) is 33.7 Å². The minimum absolute atomic E-state index is 0.218. The fraction of sp³-hybridized carbons (Fsp3) is 0.348. The Morgan fingerprint density at radius 3 is 2.57 bits per heavy atom. The van der Waals surface area contributed by atoms with E-state index < -0.39 is 6.04 Å². The minimum Gasteiger partial charge on any atom is -0.351 e. The van der Waals surface area contributed by atoms with Crippen molar-refractivity contribution in [1.82, 2.24) is 5.32 Å². The summed E-state index contributed by atoms with van der Waals surface area (Å²) in [5.41, 5.74) is 8.37. The number of hydrogen-bond donors (Lipinski definition) is 3. The van der Waals surface area contributed by atoms with Crippen LogP contribution in [-0.4, -0.2) is 36.9 Å². The van der Waals surface area contributed by atoms with Crippen molar-refractivity contribution in [2.24, 2.45) is 11.1 Å². The van der Waals surface area contributed by atoms with Crippen LogP contribution in [0.1, 0.15) is 47.1 Å². The summed E-state index contributed by atoms with van der Waals surface area (Å²) >= 11 is 0. The summed E-state index contributed by atoms with van der Waals surface area (Å²) in [5, 5.41) is 5.67. The zero-order valence-electron chi connectivity index (χ0n) is 17.8. The Morgan fingerprint density at radius 1 is 1.17 bits per heavy atom. The smallest absolute Gasteiger partial charge is 0.259 e. The molecule has 1 heterocycles. The Balaban J connectivity index is 1.91. The van der Waals surface area contributed by atoms with Crippen LogP contribution in [0.3, 0.4) is 0 Å². The molecule has 0 fully saturated rings. The number of nitrogens with one attached hydrogen (secondary N) is 2. The van der Waals surface area contributed by atoms with Gasteiger partial charge in [-0.15, -0.1) is 0 Å². The summed E-state index contributed by atoms with van der Waals surface area (Å²) in [7, 11) is 0. The second kappa shape index (κ2) is 8.28. The van der Waals surface area contributed by atoms with Gasteiger partial charge in [0.1, 0.15) is 6.04 Å². The van der Waals surface area contributed by atoms with E-state index in [2.05, 4.69) is 10.6 Å². The van der Waals surface area contributed by atoms with Gasteiger partial charge in [-0.2, -0.15) is 0 Å². The topological polar surface area (TPSA) is 105 Å². The zero-order valence-corrected chi connectivity index (χ0v) is 17.8. The second-order valence-corrected chi connectivity index (χ2v) is 8.49. The van der Waals surface area contributed by atoms with Gasteiger partial charge >= 0.3 is 0 Å². The molecule has 0 aromatic heterocycles. The Hall–Kier alpha value is -3.19. The monoisotopic (exact) mass is 408 g/mol. The van der Waals surface area contributed by atoms with Crippen LogP contribution in [0.15, 0.2) is 42.5 Å². The Kier molecular flexibility index (Phi) is 5.94. The van der Waals surface area contributed by atoms with Gasteiger partial charge in [0.25, 0.3) is 11.8 Å². The number of carbonyl (C=O) groups excluding carboxylic acids is 3. The molecule has 1 aliphatic heterocycles. The van der Waals surface area contributed by atoms with Gasteiger partial charge in [-0.3, -0.25) is 19.3 Å². The SMILES string of the molecule is Cc1cccc(C(=O)N2c3ccc(C(=O)NCC(C)(C)CN)cc3NC(=O)C2C)c1. The average molecular weight is 409 g/mol. The van der Waals surface area contributed by atoms with Crippen LogP contribution in [0.4, 0.5) is 11.4 Å². The predicted octanol–water partition coefficient (Wildman–Crippen LogP) is 2.70. The molecular formula is C23H28N4O3. The van der Waals surface area contributed by atoms with Gasteiger partial charge in [-0.25, -0.2) is 0 Å². The molecule has 2 aromatic carbocycles. The lowest BCUT2D eigenvalue weighted by atomic mass is 9.94. The van der Waals surface area contributed by atoms with Crippen molar-refractivity contribution in [2.75, 3.05) is 23.3 Å². The number of fused-ring (bicyclic) bond motifs is 1. The molecule has 7 nitrogen and oxygen atoms in total. The second-order valence-electron chi connectivity index (χ2n) is 8.49. The molecular weight excluding hydrogens is 380 g/mol. The van der Waals surface area contributed by atoms with E-state index in [-0.39, 0.29) is 23.1 Å². The number of amides is 3. The van der Waals surface area contributed by atoms with Crippen molar-refractivity contribution < 1.29 is 14.4 Å². The first-order chi connectivity index (χ1) is 14.1. The first-order valence-electron chi connectivity index (χ1n) is 9.96. The lowest BCUT2D eigenvalue weighted by molar-refractivity contribution is -0.117. The average Bonchev–Trinajstić information content (AvgIpc) is 2.72. The molecule has 158 valence electrons. The summed E-state index contributed by atoms with van der Waals surface area (Å²) < 4.78 is 0. The number of nitrogens with two attached hydrogens (primary N) is 1. The van der Waals surface area contributed by atoms with Crippen LogP contribution in [-0.2, 0) is 4.79 Å². The highest BCUT2D eigenvalue weighted by Crippen LogP contribution is 2.34. The van der Waals surface area contributed by atoms with E-state index in [0.717, 1.165) is 5.56 Å². The molecule has 0 aliphatic carbocycles. The molecule has 1 aliphatic rings. The van der Waals surface area contributed by atoms with Crippen molar-refractivity contribution in [3.63, 3.8) is 0 Å². The van der Waals surface area contributed by atoms with E-state index in [9.17, 15) is 14.4 Å². The maximum Gasteiger partial charge on any atom is 0.259 e. The molecule has 0 saturated carbocycles. The quantitative estimate of drug-likeness (QED) is 0.707. The Morgan fingerprint density at radius 2 is 1.90 bits per heavy atom. The van der Waals surface area contributed by atoms with E-state index in [4.69, 9.17) is 5.73 Å². The first-order valence-corrected chi connectivity index (χ1v) is 9.96. The van der Waals surface area contributed by atoms with E-state index in [1.54, 1.807) is 37.3 Å². The summed E-state index contributed by atoms with van der Waals surface area (Å²) in [4.78, 5) is 39.8. The number of aryl methyl sites for hydroxylation is 1. The van der Waals surface area contributed by atoms with Gasteiger partial charge in [0.05, 0.1) is 11.4 Å². The van der Waals surface area contributed by atoms with Gasteiger partial charge < -0.3 is 16.4 Å². The van der Waals surface area contributed by atoms with Gasteiger partial charge in [0.15, 0.2) is 0 Å². The highest BCUT2D eigenvalue weighted by molar-refractivity contribution is 6.17. The first kappa shape index (κ1) is 21.5. The molecule has 1 atom stereocenters. The fourth-order valence-electron chi connectivity index (χ4n) is 3.25. The predicted molar refractivity (Wildman–Crippen MR) is 118 cm³/mol. The molecule has 30 heavy (non-hydrogen) atoms. The molecule has 2 aromatic rings. The maximum atomic E-state index is 13.2. The Bertz CT molecular complexity index is 1000. The van der Waals surface area contributed by atoms with Crippen LogP contribution in [0, 0.1) is 12.3 Å². The van der Waals surface area contributed by atoms with E-state index >= 15 is 0 Å². The normalized spacial score (nSPS) is 16.0. The van der Waals surface area contributed by atoms with Gasteiger partial charge in [-0.05, 0) is 56.1 Å². The van der Waals surface area contributed by atoms with E-state index in [1.165, 1.54) is 4.90 Å². The number of rotatable bonds is 5. The third-order valence-electron chi connectivity index (χ3n) is 5.31. The number of carbonyl (C=O) groups is 3. The van der Waals surface area contributed by atoms with Gasteiger partial charge in [-0.1, -0.05) is 31.5 Å². The van der Waals surface area contributed by atoms with E-state index in [0.29, 0.717) is 35.6 Å². The van der Waals surface area contributed by atoms with Gasteiger partial charge in [0, 0.05) is 17.7 Å². The fourth-order valence-corrected chi connectivity index (χ4v) is 3.25. The maximum absolute atomic E-state index is 13.2. The van der Waals surface area contributed by atoms with Crippen LogP contribution in [0.25, 0.3) is 0 Å². The summed E-state index contributed by atoms with van der Waals surface area (Å²) in [5.74, 6) is -0.821. The Labute approximate surface area is 176 Å². The van der Waals surface area contributed by atoms with Gasteiger partial charge in [0.2, 0.25) is 5.91 Å². The largest absolute Gasteiger partial charge is 0.351 e. The van der Waals surface area contributed by atoms with Crippen LogP contribution in [0.2, 0.25) is 0 Å². The summed E-state index contributed by atoms with van der Waals surface area (Å²) in [6, 6.07) is 11.5. The molecule has 0 spiro atoms. The van der Waals surface area contributed by atoms with Crippen LogP contribution >= 0.6 is 0 Å². The molecule has 0 bridgehead atoms.